The average molecular weight is 266 g/mol. The molecule has 0 saturated heterocycles. The summed E-state index contributed by atoms with van der Waals surface area (Å²) in [6.07, 6.45) is 1.37. The van der Waals surface area contributed by atoms with E-state index in [0.29, 0.717) is 12.1 Å². The first-order valence-corrected chi connectivity index (χ1v) is 5.67. The highest BCUT2D eigenvalue weighted by molar-refractivity contribution is 5.98. The average Bonchev–Trinajstić information content (AvgIpc) is 2.44. The molecule has 19 heavy (non-hydrogen) atoms. The number of oxime groups is 1. The SMILES string of the molecule is COC(C)(C)CNC(=O)c1ccc(/C(N)=N/O)cn1. The number of nitrogens with zero attached hydrogens (tertiary/aromatic N) is 2. The van der Waals surface area contributed by atoms with Crippen LogP contribution in [0.15, 0.2) is 23.5 Å². The number of nitrogens with two attached hydrogens (primary N) is 1. The van der Waals surface area contributed by atoms with Crippen LogP contribution < -0.4 is 11.1 Å². The number of carbonyl (C=O) groups excluding carboxylic acids is 1. The molecule has 7 nitrogen and oxygen atoms in total. The first kappa shape index (κ1) is 14.9. The standard InChI is InChI=1S/C12H18N4O3/c1-12(2,19-3)7-15-11(17)9-5-4-8(6-14-9)10(13)16-18/h4-6,18H,7H2,1-3H3,(H2,13,16)(H,15,17). The summed E-state index contributed by atoms with van der Waals surface area (Å²) in [6, 6.07) is 3.06. The zero-order valence-electron chi connectivity index (χ0n) is 11.2. The second-order valence-corrected chi connectivity index (χ2v) is 4.56. The van der Waals surface area contributed by atoms with E-state index < -0.39 is 5.60 Å². The van der Waals surface area contributed by atoms with Crippen LogP contribution in [0, 0.1) is 0 Å². The number of pyridine rings is 1. The predicted molar refractivity (Wildman–Crippen MR) is 70.2 cm³/mol. The second-order valence-electron chi connectivity index (χ2n) is 4.56. The van der Waals surface area contributed by atoms with Gasteiger partial charge in [-0.25, -0.2) is 0 Å². The van der Waals surface area contributed by atoms with Crippen LogP contribution in [0.4, 0.5) is 0 Å². The van der Waals surface area contributed by atoms with Gasteiger partial charge in [-0.3, -0.25) is 9.78 Å². The van der Waals surface area contributed by atoms with Crippen LogP contribution in [0.1, 0.15) is 29.9 Å². The lowest BCUT2D eigenvalue weighted by molar-refractivity contribution is 0.0228. The summed E-state index contributed by atoms with van der Waals surface area (Å²) in [5, 5.41) is 14.1. The van der Waals surface area contributed by atoms with E-state index in [2.05, 4.69) is 15.5 Å². The van der Waals surface area contributed by atoms with Gasteiger partial charge in [0.25, 0.3) is 5.91 Å². The molecule has 0 atom stereocenters. The molecule has 1 rings (SSSR count). The normalized spacial score (nSPS) is 12.3. The molecule has 0 radical (unpaired) electrons. The van der Waals surface area contributed by atoms with Gasteiger partial charge < -0.3 is 21.0 Å². The van der Waals surface area contributed by atoms with Crippen LogP contribution in [0.2, 0.25) is 0 Å². The molecule has 0 saturated carbocycles. The quantitative estimate of drug-likeness (QED) is 0.308. The molecule has 104 valence electrons. The number of carbonyl (C=O) groups is 1. The molecular weight excluding hydrogens is 248 g/mol. The molecule has 0 bridgehead atoms. The predicted octanol–water partition coefficient (Wildman–Crippen LogP) is 0.331. The molecule has 7 heteroatoms. The van der Waals surface area contributed by atoms with Gasteiger partial charge in [-0.05, 0) is 26.0 Å². The van der Waals surface area contributed by atoms with Crippen molar-refractivity contribution in [2.45, 2.75) is 19.4 Å². The van der Waals surface area contributed by atoms with Crippen LogP contribution in [-0.4, -0.2) is 41.2 Å². The van der Waals surface area contributed by atoms with Crippen molar-refractivity contribution in [3.63, 3.8) is 0 Å². The van der Waals surface area contributed by atoms with E-state index in [0.717, 1.165) is 0 Å². The lowest BCUT2D eigenvalue weighted by Gasteiger charge is -2.22. The number of amidine groups is 1. The van der Waals surface area contributed by atoms with Gasteiger partial charge in [0, 0.05) is 25.4 Å². The monoisotopic (exact) mass is 266 g/mol. The molecule has 0 unspecified atom stereocenters. The Balaban J connectivity index is 2.69. The highest BCUT2D eigenvalue weighted by Gasteiger charge is 2.18. The minimum atomic E-state index is -0.441. The number of hydrogen-bond acceptors (Lipinski definition) is 5. The van der Waals surface area contributed by atoms with Crippen molar-refractivity contribution >= 4 is 11.7 Å². The molecule has 1 aromatic rings. The van der Waals surface area contributed by atoms with E-state index in [1.807, 2.05) is 13.8 Å². The Morgan fingerprint density at radius 1 is 1.58 bits per heavy atom. The van der Waals surface area contributed by atoms with Crippen molar-refractivity contribution in [3.8, 4) is 0 Å². The molecule has 0 aromatic carbocycles. The summed E-state index contributed by atoms with van der Waals surface area (Å²) in [4.78, 5) is 15.8. The van der Waals surface area contributed by atoms with E-state index in [9.17, 15) is 4.79 Å². The summed E-state index contributed by atoms with van der Waals surface area (Å²) < 4.78 is 5.19. The highest BCUT2D eigenvalue weighted by Crippen LogP contribution is 2.06. The summed E-state index contributed by atoms with van der Waals surface area (Å²) in [5.41, 5.74) is 5.65. The van der Waals surface area contributed by atoms with Gasteiger partial charge in [-0.2, -0.15) is 0 Å². The Bertz CT molecular complexity index is 468. The van der Waals surface area contributed by atoms with E-state index >= 15 is 0 Å². The maximum absolute atomic E-state index is 11.8. The first-order valence-electron chi connectivity index (χ1n) is 5.67. The molecule has 0 aliphatic rings. The zero-order valence-corrected chi connectivity index (χ0v) is 11.2. The molecule has 4 N–H and O–H groups in total. The molecule has 1 aromatic heterocycles. The van der Waals surface area contributed by atoms with Gasteiger partial charge in [0.1, 0.15) is 5.69 Å². The Kier molecular flexibility index (Phi) is 4.82. The summed E-state index contributed by atoms with van der Waals surface area (Å²) in [7, 11) is 1.58. The minimum absolute atomic E-state index is 0.0556. The Hall–Kier alpha value is -2.15. The lowest BCUT2D eigenvalue weighted by Crippen LogP contribution is -2.40. The Morgan fingerprint density at radius 2 is 2.26 bits per heavy atom. The topological polar surface area (TPSA) is 110 Å². The summed E-state index contributed by atoms with van der Waals surface area (Å²) >= 11 is 0. The summed E-state index contributed by atoms with van der Waals surface area (Å²) in [5.74, 6) is -0.365. The molecule has 1 heterocycles. The second kappa shape index (κ2) is 6.14. The van der Waals surface area contributed by atoms with Gasteiger partial charge in [0.2, 0.25) is 0 Å². The van der Waals surface area contributed by atoms with Crippen molar-refractivity contribution in [3.05, 3.63) is 29.6 Å². The molecular formula is C12H18N4O3. The van der Waals surface area contributed by atoms with Crippen molar-refractivity contribution in [1.29, 1.82) is 0 Å². The third-order valence-corrected chi connectivity index (χ3v) is 2.63. The fourth-order valence-corrected chi connectivity index (χ4v) is 1.19. The number of hydrogen-bond donors (Lipinski definition) is 3. The third kappa shape index (κ3) is 4.22. The fourth-order valence-electron chi connectivity index (χ4n) is 1.19. The number of ether oxygens (including phenoxy) is 1. The van der Waals surface area contributed by atoms with Gasteiger partial charge in [0.15, 0.2) is 5.84 Å². The maximum Gasteiger partial charge on any atom is 0.269 e. The number of methoxy groups -OCH3 is 1. The zero-order chi connectivity index (χ0) is 14.5. The maximum atomic E-state index is 11.8. The Labute approximate surface area is 111 Å². The third-order valence-electron chi connectivity index (χ3n) is 2.63. The smallest absolute Gasteiger partial charge is 0.269 e. The van der Waals surface area contributed by atoms with Crippen molar-refractivity contribution in [2.24, 2.45) is 10.9 Å². The number of nitrogens with one attached hydrogen (secondary N) is 1. The highest BCUT2D eigenvalue weighted by atomic mass is 16.5. The van der Waals surface area contributed by atoms with Gasteiger partial charge >= 0.3 is 0 Å². The van der Waals surface area contributed by atoms with Crippen molar-refractivity contribution < 1.29 is 14.7 Å². The molecule has 0 aliphatic heterocycles. The largest absolute Gasteiger partial charge is 0.409 e. The van der Waals surface area contributed by atoms with E-state index in [1.54, 1.807) is 13.2 Å². The van der Waals surface area contributed by atoms with Crippen LogP contribution in [0.5, 0.6) is 0 Å². The number of amides is 1. The molecule has 0 aliphatic carbocycles. The minimum Gasteiger partial charge on any atom is -0.409 e. The molecule has 1 amide bonds. The van der Waals surface area contributed by atoms with Crippen molar-refractivity contribution in [1.82, 2.24) is 10.3 Å². The number of aromatic nitrogens is 1. The van der Waals surface area contributed by atoms with Gasteiger partial charge in [-0.15, -0.1) is 0 Å². The number of rotatable bonds is 5. The van der Waals surface area contributed by atoms with Crippen LogP contribution in [0.3, 0.4) is 0 Å². The van der Waals surface area contributed by atoms with Crippen LogP contribution in [0.25, 0.3) is 0 Å². The Morgan fingerprint density at radius 3 is 2.74 bits per heavy atom. The van der Waals surface area contributed by atoms with Crippen LogP contribution >= 0.6 is 0 Å². The van der Waals surface area contributed by atoms with E-state index in [1.165, 1.54) is 12.3 Å². The lowest BCUT2D eigenvalue weighted by atomic mass is 10.1. The van der Waals surface area contributed by atoms with Gasteiger partial charge in [0.05, 0.1) is 5.60 Å². The summed E-state index contributed by atoms with van der Waals surface area (Å²) in [6.45, 7) is 4.09. The van der Waals surface area contributed by atoms with Gasteiger partial charge in [-0.1, -0.05) is 5.16 Å². The fraction of sp³-hybridized carbons (Fsp3) is 0.417. The molecule has 0 spiro atoms. The van der Waals surface area contributed by atoms with Crippen LogP contribution in [-0.2, 0) is 4.74 Å². The van der Waals surface area contributed by atoms with E-state index in [-0.39, 0.29) is 17.4 Å². The first-order chi connectivity index (χ1) is 8.89. The van der Waals surface area contributed by atoms with E-state index in [4.69, 9.17) is 15.7 Å². The molecule has 0 fully saturated rings. The van der Waals surface area contributed by atoms with Crippen molar-refractivity contribution in [2.75, 3.05) is 13.7 Å².